The highest BCUT2D eigenvalue weighted by molar-refractivity contribution is 8.26. The Morgan fingerprint density at radius 1 is 1.14 bits per heavy atom. The Bertz CT molecular complexity index is 839. The summed E-state index contributed by atoms with van der Waals surface area (Å²) in [6, 6.07) is 7.84. The summed E-state index contributed by atoms with van der Waals surface area (Å²) in [7, 11) is 3.96. The van der Waals surface area contributed by atoms with E-state index in [2.05, 4.69) is 17.0 Å². The van der Waals surface area contributed by atoms with Gasteiger partial charge in [0.25, 0.3) is 5.91 Å². The third-order valence-electron chi connectivity index (χ3n) is 4.71. The average molecular weight is 398 g/mol. The average Bonchev–Trinajstić information content (AvgIpc) is 3.08. The minimum atomic E-state index is -0.375. The third kappa shape index (κ3) is 4.70. The molecule has 1 N–H and O–H groups in total. The fourth-order valence-corrected chi connectivity index (χ4v) is 3.97. The number of carbonyl (C=O) groups is 1. The number of carbonyl (C=O) groups excluding carboxylic acids is 1. The molecule has 0 aliphatic carbocycles. The van der Waals surface area contributed by atoms with Gasteiger partial charge in [-0.1, -0.05) is 44.7 Å². The second kappa shape index (κ2) is 9.19. The maximum Gasteiger partial charge on any atom is 0.283 e. The van der Waals surface area contributed by atoms with Crippen molar-refractivity contribution in [3.8, 4) is 0 Å². The quantitative estimate of drug-likeness (QED) is 0.508. The third-order valence-corrected chi connectivity index (χ3v) is 5.68. The van der Waals surface area contributed by atoms with E-state index in [1.807, 2.05) is 43.3 Å². The predicted molar refractivity (Wildman–Crippen MR) is 119 cm³/mol. The second-order valence-electron chi connectivity index (χ2n) is 7.16. The van der Waals surface area contributed by atoms with Crippen molar-refractivity contribution in [1.29, 1.82) is 5.41 Å². The summed E-state index contributed by atoms with van der Waals surface area (Å²) in [5.74, 6) is -0.278. The molecule has 1 aromatic rings. The van der Waals surface area contributed by atoms with Gasteiger partial charge in [0.05, 0.1) is 5.57 Å². The topological polar surface area (TPSA) is 72.1 Å². The van der Waals surface area contributed by atoms with Gasteiger partial charge >= 0.3 is 0 Å². The number of amidine groups is 2. The fourth-order valence-electron chi connectivity index (χ4n) is 3.05. The number of thioether (sulfide) groups is 1. The first-order valence-corrected chi connectivity index (χ1v) is 10.6. The zero-order valence-electron chi connectivity index (χ0n) is 16.7. The van der Waals surface area contributed by atoms with Crippen molar-refractivity contribution >= 4 is 45.5 Å². The Hall–Kier alpha value is -2.41. The molecule has 1 amide bonds. The summed E-state index contributed by atoms with van der Waals surface area (Å²) in [6.45, 7) is 2.21. The van der Waals surface area contributed by atoms with Gasteiger partial charge in [-0.05, 0) is 48.4 Å². The Kier molecular flexibility index (Phi) is 6.67. The van der Waals surface area contributed by atoms with Crippen molar-refractivity contribution in [2.24, 2.45) is 10.1 Å². The van der Waals surface area contributed by atoms with Gasteiger partial charge in [-0.15, -0.1) is 0 Å². The lowest BCUT2D eigenvalue weighted by Gasteiger charge is -2.20. The van der Waals surface area contributed by atoms with Crippen molar-refractivity contribution in [1.82, 2.24) is 5.01 Å². The van der Waals surface area contributed by atoms with Gasteiger partial charge in [0.15, 0.2) is 5.84 Å². The lowest BCUT2D eigenvalue weighted by Crippen LogP contribution is -2.35. The van der Waals surface area contributed by atoms with Crippen LogP contribution in [0.1, 0.15) is 51.0 Å². The van der Waals surface area contributed by atoms with Crippen LogP contribution in [0.4, 0.5) is 5.69 Å². The summed E-state index contributed by atoms with van der Waals surface area (Å²) < 4.78 is 0. The van der Waals surface area contributed by atoms with E-state index in [9.17, 15) is 4.79 Å². The zero-order valence-corrected chi connectivity index (χ0v) is 17.6. The van der Waals surface area contributed by atoms with Crippen LogP contribution >= 0.6 is 11.8 Å². The summed E-state index contributed by atoms with van der Waals surface area (Å²) >= 11 is 1.41. The number of amides is 1. The first-order chi connectivity index (χ1) is 13.5. The molecule has 2 aliphatic rings. The maximum absolute atomic E-state index is 12.5. The van der Waals surface area contributed by atoms with Crippen LogP contribution in [-0.2, 0) is 4.79 Å². The molecule has 148 valence electrons. The highest BCUT2D eigenvalue weighted by Gasteiger charge is 2.35. The molecule has 0 aromatic heterocycles. The molecule has 0 radical (unpaired) electrons. The monoisotopic (exact) mass is 397 g/mol. The number of nitrogens with zero attached hydrogens (tertiary/aromatic N) is 4. The van der Waals surface area contributed by atoms with Crippen molar-refractivity contribution in [3.05, 3.63) is 35.4 Å². The van der Waals surface area contributed by atoms with Crippen molar-refractivity contribution in [2.45, 2.75) is 45.4 Å². The smallest absolute Gasteiger partial charge is 0.283 e. The molecule has 0 spiro atoms. The minimum Gasteiger partial charge on any atom is -0.378 e. The second-order valence-corrected chi connectivity index (χ2v) is 8.20. The van der Waals surface area contributed by atoms with Gasteiger partial charge < -0.3 is 4.90 Å². The zero-order chi connectivity index (χ0) is 20.1. The van der Waals surface area contributed by atoms with Crippen molar-refractivity contribution in [3.63, 3.8) is 0 Å². The Morgan fingerprint density at radius 2 is 1.86 bits per heavy atom. The molecule has 2 heterocycles. The number of nitrogens with one attached hydrogen (secondary N) is 1. The number of hydrazone groups is 1. The number of hydrogen-bond acceptors (Lipinski definition) is 5. The van der Waals surface area contributed by atoms with Crippen molar-refractivity contribution in [2.75, 3.05) is 19.0 Å². The van der Waals surface area contributed by atoms with Gasteiger partial charge in [-0.3, -0.25) is 10.2 Å². The van der Waals surface area contributed by atoms with E-state index in [1.54, 1.807) is 6.08 Å². The molecule has 28 heavy (non-hydrogen) atoms. The number of hydrogen-bond donors (Lipinski definition) is 1. The van der Waals surface area contributed by atoms with Crippen LogP contribution in [0.25, 0.3) is 6.08 Å². The van der Waals surface area contributed by atoms with Crippen LogP contribution in [0.2, 0.25) is 0 Å². The summed E-state index contributed by atoms with van der Waals surface area (Å²) in [4.78, 5) is 18.6. The molecule has 0 atom stereocenters. The molecule has 2 aliphatic heterocycles. The van der Waals surface area contributed by atoms with Crippen LogP contribution in [0.15, 0.2) is 39.9 Å². The van der Waals surface area contributed by atoms with Crippen LogP contribution in [0.5, 0.6) is 0 Å². The van der Waals surface area contributed by atoms with Crippen molar-refractivity contribution < 1.29 is 4.79 Å². The molecular weight excluding hydrogens is 370 g/mol. The van der Waals surface area contributed by atoms with E-state index >= 15 is 0 Å². The van der Waals surface area contributed by atoms with Gasteiger partial charge in [-0.2, -0.15) is 15.1 Å². The largest absolute Gasteiger partial charge is 0.378 e. The predicted octanol–water partition coefficient (Wildman–Crippen LogP) is 4.73. The first kappa shape index (κ1) is 20.3. The normalized spacial score (nSPS) is 17.7. The molecule has 1 aromatic carbocycles. The Labute approximate surface area is 170 Å². The molecule has 0 saturated heterocycles. The van der Waals surface area contributed by atoms with E-state index in [1.165, 1.54) is 42.5 Å². The van der Waals surface area contributed by atoms with E-state index in [0.29, 0.717) is 5.17 Å². The van der Waals surface area contributed by atoms with Crippen LogP contribution in [-0.4, -0.2) is 41.1 Å². The van der Waals surface area contributed by atoms with Gasteiger partial charge in [0.1, 0.15) is 5.04 Å². The number of aliphatic imine (C=N–C) groups is 1. The Morgan fingerprint density at radius 3 is 2.54 bits per heavy atom. The van der Waals surface area contributed by atoms with Gasteiger partial charge in [0, 0.05) is 19.8 Å². The Balaban J connectivity index is 1.70. The van der Waals surface area contributed by atoms with Crippen LogP contribution < -0.4 is 4.90 Å². The van der Waals surface area contributed by atoms with E-state index < -0.39 is 0 Å². The summed E-state index contributed by atoms with van der Waals surface area (Å²) in [5, 5.41) is 15.9. The fraction of sp³-hybridized carbons (Fsp3) is 0.429. The molecule has 3 rings (SSSR count). The number of unbranched alkanes of at least 4 members (excludes halogenated alkanes) is 4. The van der Waals surface area contributed by atoms with E-state index in [-0.39, 0.29) is 17.3 Å². The van der Waals surface area contributed by atoms with Gasteiger partial charge in [0.2, 0.25) is 5.17 Å². The minimum absolute atomic E-state index is 0.0974. The maximum atomic E-state index is 12.5. The standard InChI is InChI=1S/C21H27N5OS/c1-4-5-6-7-8-9-18-24-26-19(22)17(20(27)23-21(26)28-18)14-15-10-12-16(13-11-15)25(2)3/h10-14,22H,4-9H2,1-3H3. The SMILES string of the molecule is CCCCCCCC1=NN2C(=N)C(=Cc3ccc(N(C)C)cc3)C(=O)N=C2S1. The van der Waals surface area contributed by atoms with E-state index in [4.69, 9.17) is 5.41 Å². The number of anilines is 1. The number of fused-ring (bicyclic) bond motifs is 1. The summed E-state index contributed by atoms with van der Waals surface area (Å²) in [6.07, 6.45) is 8.59. The van der Waals surface area contributed by atoms with E-state index in [0.717, 1.165) is 29.1 Å². The summed E-state index contributed by atoms with van der Waals surface area (Å²) in [5.41, 5.74) is 2.22. The van der Waals surface area contributed by atoms with Crippen LogP contribution in [0, 0.1) is 5.41 Å². The van der Waals surface area contributed by atoms with Crippen LogP contribution in [0.3, 0.4) is 0 Å². The molecular formula is C21H27N5OS. The highest BCUT2D eigenvalue weighted by atomic mass is 32.2. The first-order valence-electron chi connectivity index (χ1n) is 9.76. The number of rotatable bonds is 8. The van der Waals surface area contributed by atoms with Gasteiger partial charge in [-0.25, -0.2) is 0 Å². The molecule has 7 heteroatoms. The molecule has 0 unspecified atom stereocenters. The highest BCUT2D eigenvalue weighted by Crippen LogP contribution is 2.30. The molecule has 0 saturated carbocycles. The number of benzene rings is 1. The lowest BCUT2D eigenvalue weighted by molar-refractivity contribution is -0.114. The lowest BCUT2D eigenvalue weighted by atomic mass is 10.1. The molecule has 6 nitrogen and oxygen atoms in total. The molecule has 0 fully saturated rings. The molecule has 0 bridgehead atoms.